The molecule has 108 valence electrons. The molecule has 2 heterocycles. The average Bonchev–Trinajstić information content (AvgIpc) is 2.76. The number of aromatic nitrogens is 1. The third-order valence-electron chi connectivity index (χ3n) is 3.35. The summed E-state index contributed by atoms with van der Waals surface area (Å²) in [5.41, 5.74) is 1.13. The van der Waals surface area contributed by atoms with Crippen LogP contribution >= 0.6 is 0 Å². The highest BCUT2D eigenvalue weighted by Crippen LogP contribution is 2.19. The van der Waals surface area contributed by atoms with Gasteiger partial charge in [0.15, 0.2) is 9.84 Å². The Morgan fingerprint density at radius 1 is 1.40 bits per heavy atom. The molecule has 0 saturated heterocycles. The number of carbonyl (C=O) groups is 1. The van der Waals surface area contributed by atoms with Crippen molar-refractivity contribution in [3.63, 3.8) is 0 Å². The van der Waals surface area contributed by atoms with Crippen LogP contribution in [-0.2, 0) is 21.1 Å². The van der Waals surface area contributed by atoms with Crippen LogP contribution in [0.4, 0.5) is 0 Å². The maximum atomic E-state index is 12.0. The standard InChI is InChI=1S/C14H18N2O3S/c1-16(8-4-12-2-6-15-7-3-12)14(17)10-13-5-9-20(18,19)11-13/h2-3,5-7,9,13H,4,8,10-11H2,1H3/t13-/m1/s1. The second-order valence-corrected chi connectivity index (χ2v) is 6.97. The highest BCUT2D eigenvalue weighted by atomic mass is 32.2. The average molecular weight is 294 g/mol. The molecule has 1 aliphatic heterocycles. The van der Waals surface area contributed by atoms with Crippen molar-refractivity contribution in [2.75, 3.05) is 19.3 Å². The molecule has 1 aromatic heterocycles. The Bertz CT molecular complexity index is 596. The summed E-state index contributed by atoms with van der Waals surface area (Å²) in [6.45, 7) is 0.617. The fourth-order valence-corrected chi connectivity index (χ4v) is 3.52. The van der Waals surface area contributed by atoms with E-state index in [1.165, 1.54) is 5.41 Å². The number of carbonyl (C=O) groups excluding carboxylic acids is 1. The topological polar surface area (TPSA) is 67.3 Å². The van der Waals surface area contributed by atoms with Crippen molar-refractivity contribution in [3.05, 3.63) is 41.6 Å². The normalized spacial score (nSPS) is 19.9. The molecule has 1 atom stereocenters. The van der Waals surface area contributed by atoms with Gasteiger partial charge < -0.3 is 4.90 Å². The summed E-state index contributed by atoms with van der Waals surface area (Å²) in [4.78, 5) is 17.6. The summed E-state index contributed by atoms with van der Waals surface area (Å²) in [5, 5.41) is 1.21. The van der Waals surface area contributed by atoms with Gasteiger partial charge in [0.1, 0.15) is 0 Å². The van der Waals surface area contributed by atoms with Crippen molar-refractivity contribution < 1.29 is 13.2 Å². The molecule has 0 saturated carbocycles. The number of allylic oxidation sites excluding steroid dienone is 1. The Kier molecular flexibility index (Phi) is 4.54. The van der Waals surface area contributed by atoms with E-state index in [1.807, 2.05) is 12.1 Å². The molecule has 1 aliphatic rings. The molecule has 0 fully saturated rings. The van der Waals surface area contributed by atoms with Crippen LogP contribution in [0.1, 0.15) is 12.0 Å². The van der Waals surface area contributed by atoms with Crippen LogP contribution in [0, 0.1) is 5.92 Å². The summed E-state index contributed by atoms with van der Waals surface area (Å²) < 4.78 is 22.6. The van der Waals surface area contributed by atoms with E-state index in [4.69, 9.17) is 0 Å². The monoisotopic (exact) mass is 294 g/mol. The first-order valence-electron chi connectivity index (χ1n) is 6.50. The lowest BCUT2D eigenvalue weighted by Gasteiger charge is -2.18. The molecule has 1 aromatic rings. The van der Waals surface area contributed by atoms with Crippen LogP contribution in [0.2, 0.25) is 0 Å². The molecule has 0 aliphatic carbocycles. The second-order valence-electron chi connectivity index (χ2n) is 5.04. The van der Waals surface area contributed by atoms with Crippen molar-refractivity contribution in [2.24, 2.45) is 5.92 Å². The predicted molar refractivity (Wildman–Crippen MR) is 76.6 cm³/mol. The van der Waals surface area contributed by atoms with Gasteiger partial charge in [-0.2, -0.15) is 0 Å². The van der Waals surface area contributed by atoms with E-state index in [0.29, 0.717) is 6.54 Å². The molecule has 0 N–H and O–H groups in total. The van der Waals surface area contributed by atoms with E-state index in [-0.39, 0.29) is 24.0 Å². The van der Waals surface area contributed by atoms with E-state index >= 15 is 0 Å². The third-order valence-corrected chi connectivity index (χ3v) is 4.82. The van der Waals surface area contributed by atoms with E-state index in [2.05, 4.69) is 4.98 Å². The molecule has 1 amide bonds. The number of sulfone groups is 1. The quantitative estimate of drug-likeness (QED) is 0.813. The van der Waals surface area contributed by atoms with E-state index < -0.39 is 9.84 Å². The van der Waals surface area contributed by atoms with Gasteiger partial charge in [-0.05, 0) is 24.1 Å². The third kappa shape index (κ3) is 4.16. The molecule has 0 radical (unpaired) electrons. The molecule has 0 bridgehead atoms. The molecule has 2 rings (SSSR count). The maximum absolute atomic E-state index is 12.0. The van der Waals surface area contributed by atoms with E-state index in [1.54, 1.807) is 30.4 Å². The van der Waals surface area contributed by atoms with Crippen molar-refractivity contribution >= 4 is 15.7 Å². The SMILES string of the molecule is CN(CCc1ccncc1)C(=O)C[C@H]1C=CS(=O)(=O)C1. The minimum Gasteiger partial charge on any atom is -0.345 e. The smallest absolute Gasteiger partial charge is 0.222 e. The van der Waals surface area contributed by atoms with E-state index in [0.717, 1.165) is 12.0 Å². The van der Waals surface area contributed by atoms with Gasteiger partial charge in [0.2, 0.25) is 5.91 Å². The highest BCUT2D eigenvalue weighted by molar-refractivity contribution is 7.94. The lowest BCUT2D eigenvalue weighted by molar-refractivity contribution is -0.130. The zero-order chi connectivity index (χ0) is 14.6. The maximum Gasteiger partial charge on any atom is 0.222 e. The van der Waals surface area contributed by atoms with Gasteiger partial charge in [0, 0.05) is 43.7 Å². The van der Waals surface area contributed by atoms with Crippen LogP contribution < -0.4 is 0 Å². The van der Waals surface area contributed by atoms with Crippen molar-refractivity contribution in [3.8, 4) is 0 Å². The Labute approximate surface area is 119 Å². The van der Waals surface area contributed by atoms with Gasteiger partial charge in [0.25, 0.3) is 0 Å². The van der Waals surface area contributed by atoms with Crippen LogP contribution in [0.25, 0.3) is 0 Å². The predicted octanol–water partition coefficient (Wildman–Crippen LogP) is 1.03. The molecular formula is C14H18N2O3S. The first kappa shape index (κ1) is 14.7. The molecule has 0 spiro atoms. The Hall–Kier alpha value is -1.69. The largest absolute Gasteiger partial charge is 0.345 e. The summed E-state index contributed by atoms with van der Waals surface area (Å²) >= 11 is 0. The zero-order valence-corrected chi connectivity index (χ0v) is 12.2. The van der Waals surface area contributed by atoms with Crippen LogP contribution in [0.5, 0.6) is 0 Å². The van der Waals surface area contributed by atoms with Gasteiger partial charge in [-0.1, -0.05) is 6.08 Å². The highest BCUT2D eigenvalue weighted by Gasteiger charge is 2.24. The molecule has 6 heteroatoms. The summed E-state index contributed by atoms with van der Waals surface area (Å²) in [7, 11) is -1.33. The van der Waals surface area contributed by atoms with Crippen molar-refractivity contribution in [1.82, 2.24) is 9.88 Å². The van der Waals surface area contributed by atoms with Gasteiger partial charge in [-0.25, -0.2) is 8.42 Å². The molecule has 0 aromatic carbocycles. The number of amides is 1. The number of hydrogen-bond donors (Lipinski definition) is 0. The Morgan fingerprint density at radius 2 is 2.10 bits per heavy atom. The minimum absolute atomic E-state index is 0.0224. The fraction of sp³-hybridized carbons (Fsp3) is 0.429. The Balaban J connectivity index is 1.80. The van der Waals surface area contributed by atoms with Gasteiger partial charge >= 0.3 is 0 Å². The minimum atomic E-state index is -3.08. The van der Waals surface area contributed by atoms with Crippen LogP contribution in [0.15, 0.2) is 36.0 Å². The van der Waals surface area contributed by atoms with Gasteiger partial charge in [0.05, 0.1) is 5.75 Å². The Morgan fingerprint density at radius 3 is 2.70 bits per heavy atom. The molecule has 5 nitrogen and oxygen atoms in total. The van der Waals surface area contributed by atoms with Crippen LogP contribution in [-0.4, -0.2) is 43.6 Å². The number of likely N-dealkylation sites (N-methyl/N-ethyl adjacent to an activating group) is 1. The number of pyridine rings is 1. The zero-order valence-electron chi connectivity index (χ0n) is 11.4. The van der Waals surface area contributed by atoms with Crippen molar-refractivity contribution in [1.29, 1.82) is 0 Å². The number of hydrogen-bond acceptors (Lipinski definition) is 4. The first-order valence-corrected chi connectivity index (χ1v) is 8.21. The lowest BCUT2D eigenvalue weighted by Crippen LogP contribution is -2.30. The van der Waals surface area contributed by atoms with Gasteiger partial charge in [-0.15, -0.1) is 0 Å². The van der Waals surface area contributed by atoms with Crippen LogP contribution in [0.3, 0.4) is 0 Å². The number of rotatable bonds is 5. The van der Waals surface area contributed by atoms with Gasteiger partial charge in [-0.3, -0.25) is 9.78 Å². The first-order chi connectivity index (χ1) is 9.46. The fourth-order valence-electron chi connectivity index (χ4n) is 2.12. The molecular weight excluding hydrogens is 276 g/mol. The van der Waals surface area contributed by atoms with E-state index in [9.17, 15) is 13.2 Å². The number of nitrogens with zero attached hydrogens (tertiary/aromatic N) is 2. The summed E-state index contributed by atoms with van der Waals surface area (Å²) in [6.07, 6.45) is 6.09. The van der Waals surface area contributed by atoms with Crippen molar-refractivity contribution in [2.45, 2.75) is 12.8 Å². The summed E-state index contributed by atoms with van der Waals surface area (Å²) in [6, 6.07) is 3.84. The molecule has 20 heavy (non-hydrogen) atoms. The second kappa shape index (κ2) is 6.17. The summed E-state index contributed by atoms with van der Waals surface area (Å²) in [5.74, 6) is -0.154. The lowest BCUT2D eigenvalue weighted by atomic mass is 10.1. The molecule has 0 unspecified atom stereocenters.